The predicted octanol–water partition coefficient (Wildman–Crippen LogP) is 1.73. The fourth-order valence-electron chi connectivity index (χ4n) is 3.26. The molecule has 0 aromatic carbocycles. The average Bonchev–Trinajstić information content (AvgIpc) is 2.99. The average molecular weight is 252 g/mol. The number of allylic oxidation sites excluding steroid dienone is 1. The van der Waals surface area contributed by atoms with E-state index in [0.29, 0.717) is 0 Å². The van der Waals surface area contributed by atoms with Crippen LogP contribution in [0.25, 0.3) is 0 Å². The van der Waals surface area contributed by atoms with Crippen LogP contribution in [-0.2, 0) is 0 Å². The van der Waals surface area contributed by atoms with E-state index >= 15 is 0 Å². The minimum Gasteiger partial charge on any atom is -0.392 e. The lowest BCUT2D eigenvalue weighted by Crippen LogP contribution is -2.32. The molecule has 0 bridgehead atoms. The molecule has 0 aromatic heterocycles. The zero-order chi connectivity index (χ0) is 12.8. The minimum absolute atomic E-state index is 0.173. The van der Waals surface area contributed by atoms with Gasteiger partial charge in [-0.25, -0.2) is 0 Å². The minimum atomic E-state index is -0.173. The van der Waals surface area contributed by atoms with Crippen LogP contribution in [0.3, 0.4) is 0 Å². The number of nitrogens with zero attached hydrogens (tertiary/aromatic N) is 2. The SMILES string of the molecule is C=CCCC(O)CN1CCC(CN2CCCC2)C1. The Morgan fingerprint density at radius 3 is 2.72 bits per heavy atom. The number of hydrogen-bond acceptors (Lipinski definition) is 3. The Morgan fingerprint density at radius 1 is 1.22 bits per heavy atom. The van der Waals surface area contributed by atoms with Crippen LogP contribution in [-0.4, -0.2) is 60.3 Å². The second-order valence-electron chi connectivity index (χ2n) is 5.94. The van der Waals surface area contributed by atoms with Gasteiger partial charge in [0.15, 0.2) is 0 Å². The van der Waals surface area contributed by atoms with E-state index in [0.717, 1.165) is 25.3 Å². The molecule has 2 fully saturated rings. The first-order valence-corrected chi connectivity index (χ1v) is 7.51. The lowest BCUT2D eigenvalue weighted by Gasteiger charge is -2.22. The second-order valence-corrected chi connectivity index (χ2v) is 5.94. The van der Waals surface area contributed by atoms with Gasteiger partial charge in [0.05, 0.1) is 6.10 Å². The molecule has 2 heterocycles. The Bertz CT molecular complexity index is 251. The fraction of sp³-hybridized carbons (Fsp3) is 0.867. The van der Waals surface area contributed by atoms with E-state index in [1.54, 1.807) is 0 Å². The summed E-state index contributed by atoms with van der Waals surface area (Å²) >= 11 is 0. The molecule has 0 aromatic rings. The zero-order valence-electron chi connectivity index (χ0n) is 11.6. The Labute approximate surface area is 111 Å². The van der Waals surface area contributed by atoms with Gasteiger partial charge in [-0.05, 0) is 57.7 Å². The summed E-state index contributed by atoms with van der Waals surface area (Å²) in [6.07, 6.45) is 7.58. The Hall–Kier alpha value is -0.380. The van der Waals surface area contributed by atoms with Crippen LogP contribution < -0.4 is 0 Å². The molecule has 2 atom stereocenters. The molecular formula is C15H28N2O. The summed E-state index contributed by atoms with van der Waals surface area (Å²) in [4.78, 5) is 5.05. The standard InChI is InChI=1S/C15H28N2O/c1-2-3-6-15(18)13-17-10-7-14(12-17)11-16-8-4-5-9-16/h2,14-15,18H,1,3-13H2. The molecule has 2 aliphatic rings. The topological polar surface area (TPSA) is 26.7 Å². The monoisotopic (exact) mass is 252 g/mol. The smallest absolute Gasteiger partial charge is 0.0670 e. The van der Waals surface area contributed by atoms with Crippen molar-refractivity contribution in [3.8, 4) is 0 Å². The summed E-state index contributed by atoms with van der Waals surface area (Å²) < 4.78 is 0. The van der Waals surface area contributed by atoms with Crippen LogP contribution >= 0.6 is 0 Å². The molecule has 18 heavy (non-hydrogen) atoms. The largest absolute Gasteiger partial charge is 0.392 e. The van der Waals surface area contributed by atoms with E-state index in [-0.39, 0.29) is 6.10 Å². The normalized spacial score (nSPS) is 27.7. The van der Waals surface area contributed by atoms with E-state index < -0.39 is 0 Å². The molecule has 2 aliphatic heterocycles. The van der Waals surface area contributed by atoms with Crippen LogP contribution in [0.5, 0.6) is 0 Å². The van der Waals surface area contributed by atoms with Crippen molar-refractivity contribution < 1.29 is 5.11 Å². The number of aliphatic hydroxyl groups is 1. The Kier molecular flexibility index (Phi) is 5.67. The highest BCUT2D eigenvalue weighted by Gasteiger charge is 2.26. The van der Waals surface area contributed by atoms with Gasteiger partial charge in [-0.15, -0.1) is 6.58 Å². The van der Waals surface area contributed by atoms with Crippen molar-refractivity contribution in [2.75, 3.05) is 39.3 Å². The van der Waals surface area contributed by atoms with E-state index in [9.17, 15) is 5.11 Å². The number of hydrogen-bond donors (Lipinski definition) is 1. The van der Waals surface area contributed by atoms with Crippen molar-refractivity contribution in [1.29, 1.82) is 0 Å². The van der Waals surface area contributed by atoms with Gasteiger partial charge in [0.1, 0.15) is 0 Å². The summed E-state index contributed by atoms with van der Waals surface area (Å²) in [7, 11) is 0. The second kappa shape index (κ2) is 7.27. The van der Waals surface area contributed by atoms with Crippen molar-refractivity contribution in [3.05, 3.63) is 12.7 Å². The van der Waals surface area contributed by atoms with E-state index in [1.165, 1.54) is 52.0 Å². The zero-order valence-corrected chi connectivity index (χ0v) is 11.6. The van der Waals surface area contributed by atoms with Crippen LogP contribution in [0.4, 0.5) is 0 Å². The third-order valence-corrected chi connectivity index (χ3v) is 4.26. The highest BCUT2D eigenvalue weighted by Crippen LogP contribution is 2.20. The van der Waals surface area contributed by atoms with E-state index in [4.69, 9.17) is 0 Å². The molecule has 0 radical (unpaired) electrons. The van der Waals surface area contributed by atoms with Gasteiger partial charge in [-0.1, -0.05) is 6.08 Å². The van der Waals surface area contributed by atoms with Gasteiger partial charge in [0.2, 0.25) is 0 Å². The summed E-state index contributed by atoms with van der Waals surface area (Å²) in [6.45, 7) is 10.8. The van der Waals surface area contributed by atoms with Crippen LogP contribution in [0.2, 0.25) is 0 Å². The molecule has 0 spiro atoms. The quantitative estimate of drug-likeness (QED) is 0.699. The maximum Gasteiger partial charge on any atom is 0.0670 e. The first-order chi connectivity index (χ1) is 8.78. The van der Waals surface area contributed by atoms with Gasteiger partial charge >= 0.3 is 0 Å². The van der Waals surface area contributed by atoms with E-state index in [1.807, 2.05) is 6.08 Å². The third-order valence-electron chi connectivity index (χ3n) is 4.26. The Balaban J connectivity index is 1.63. The third kappa shape index (κ3) is 4.38. The maximum absolute atomic E-state index is 9.91. The van der Waals surface area contributed by atoms with Crippen molar-refractivity contribution in [1.82, 2.24) is 9.80 Å². The van der Waals surface area contributed by atoms with Gasteiger partial charge < -0.3 is 14.9 Å². The predicted molar refractivity (Wildman–Crippen MR) is 75.7 cm³/mol. The number of β-amino-alcohol motifs (C(OH)–C–C–N with tert-alkyl or cyclic N) is 1. The molecule has 3 heteroatoms. The van der Waals surface area contributed by atoms with Gasteiger partial charge in [-0.3, -0.25) is 0 Å². The molecule has 0 amide bonds. The van der Waals surface area contributed by atoms with Crippen molar-refractivity contribution in [2.45, 2.75) is 38.2 Å². The van der Waals surface area contributed by atoms with Gasteiger partial charge in [0, 0.05) is 19.6 Å². The molecule has 104 valence electrons. The lowest BCUT2D eigenvalue weighted by atomic mass is 10.1. The van der Waals surface area contributed by atoms with Gasteiger partial charge in [0.25, 0.3) is 0 Å². The lowest BCUT2D eigenvalue weighted by molar-refractivity contribution is 0.115. The first kappa shape index (κ1) is 14.0. The molecule has 0 saturated carbocycles. The highest BCUT2D eigenvalue weighted by molar-refractivity contribution is 4.81. The molecule has 2 unspecified atom stereocenters. The fourth-order valence-corrected chi connectivity index (χ4v) is 3.26. The summed E-state index contributed by atoms with van der Waals surface area (Å²) in [6, 6.07) is 0. The van der Waals surface area contributed by atoms with Gasteiger partial charge in [-0.2, -0.15) is 0 Å². The molecule has 2 saturated heterocycles. The first-order valence-electron chi connectivity index (χ1n) is 7.51. The summed E-state index contributed by atoms with van der Waals surface area (Å²) in [5.41, 5.74) is 0. The molecular weight excluding hydrogens is 224 g/mol. The highest BCUT2D eigenvalue weighted by atomic mass is 16.3. The molecule has 2 rings (SSSR count). The van der Waals surface area contributed by atoms with Crippen LogP contribution in [0.15, 0.2) is 12.7 Å². The van der Waals surface area contributed by atoms with Crippen molar-refractivity contribution in [2.24, 2.45) is 5.92 Å². The number of rotatable bonds is 7. The summed E-state index contributed by atoms with van der Waals surface area (Å²) in [5, 5.41) is 9.91. The van der Waals surface area contributed by atoms with Crippen molar-refractivity contribution >= 4 is 0 Å². The molecule has 3 nitrogen and oxygen atoms in total. The molecule has 0 aliphatic carbocycles. The summed E-state index contributed by atoms with van der Waals surface area (Å²) in [5.74, 6) is 0.828. The number of aliphatic hydroxyl groups excluding tert-OH is 1. The molecule has 1 N–H and O–H groups in total. The van der Waals surface area contributed by atoms with E-state index in [2.05, 4.69) is 16.4 Å². The number of likely N-dealkylation sites (tertiary alicyclic amines) is 2. The maximum atomic E-state index is 9.91. The van der Waals surface area contributed by atoms with Crippen molar-refractivity contribution in [3.63, 3.8) is 0 Å². The van der Waals surface area contributed by atoms with Crippen LogP contribution in [0.1, 0.15) is 32.1 Å². The van der Waals surface area contributed by atoms with Crippen LogP contribution in [0, 0.1) is 5.92 Å². The Morgan fingerprint density at radius 2 is 2.00 bits per heavy atom.